The van der Waals surface area contributed by atoms with Crippen LogP contribution in [0.3, 0.4) is 0 Å². The van der Waals surface area contributed by atoms with Gasteiger partial charge in [0.2, 0.25) is 0 Å². The smallest absolute Gasteiger partial charge is 0.123 e. The molecule has 0 aromatic heterocycles. The maximum Gasteiger partial charge on any atom is 0.123 e. The van der Waals surface area contributed by atoms with Crippen LogP contribution in [-0.2, 0) is 0 Å². The lowest BCUT2D eigenvalue weighted by Gasteiger charge is -2.11. The second-order valence-electron chi connectivity index (χ2n) is 5.01. The van der Waals surface area contributed by atoms with Gasteiger partial charge in [-0.1, -0.05) is 24.3 Å². The predicted octanol–water partition coefficient (Wildman–Crippen LogP) is 3.30. The molecule has 2 aromatic rings. The first-order valence-corrected chi connectivity index (χ1v) is 6.42. The summed E-state index contributed by atoms with van der Waals surface area (Å²) in [6, 6.07) is 13.6. The first kappa shape index (κ1) is 14.7. The summed E-state index contributed by atoms with van der Waals surface area (Å²) in [5, 5.41) is 9.54. The summed E-state index contributed by atoms with van der Waals surface area (Å²) in [6.07, 6.45) is 1.03. The van der Waals surface area contributed by atoms with Gasteiger partial charge in [0.15, 0.2) is 0 Å². The van der Waals surface area contributed by atoms with E-state index in [1.165, 1.54) is 5.56 Å². The second kappa shape index (κ2) is 5.73. The molecule has 4 heteroatoms. The zero-order chi connectivity index (χ0) is 13.4. The van der Waals surface area contributed by atoms with Crippen molar-refractivity contribution in [2.45, 2.75) is 18.4 Å². The fourth-order valence-corrected chi connectivity index (χ4v) is 2.45. The number of halogens is 1. The molecule has 3 nitrogen and oxygen atoms in total. The van der Waals surface area contributed by atoms with Crippen LogP contribution in [0.4, 0.5) is 0 Å². The molecule has 0 heterocycles. The van der Waals surface area contributed by atoms with E-state index in [1.54, 1.807) is 19.2 Å². The quantitative estimate of drug-likeness (QED) is 0.912. The average Bonchev–Trinajstić information content (AvgIpc) is 3.15. The van der Waals surface area contributed by atoms with Gasteiger partial charge in [-0.25, -0.2) is 0 Å². The molecule has 0 spiro atoms. The van der Waals surface area contributed by atoms with Crippen LogP contribution in [0.25, 0.3) is 11.1 Å². The molecule has 3 rings (SSSR count). The molecule has 2 atom stereocenters. The van der Waals surface area contributed by atoms with Gasteiger partial charge in [0, 0.05) is 12.0 Å². The van der Waals surface area contributed by atoms with Crippen molar-refractivity contribution in [3.63, 3.8) is 0 Å². The van der Waals surface area contributed by atoms with Crippen LogP contribution in [0.2, 0.25) is 0 Å². The van der Waals surface area contributed by atoms with Gasteiger partial charge in [-0.15, -0.1) is 12.4 Å². The summed E-state index contributed by atoms with van der Waals surface area (Å²) in [4.78, 5) is 0. The molecule has 0 radical (unpaired) electrons. The third-order valence-electron chi connectivity index (χ3n) is 3.65. The molecule has 3 N–H and O–H groups in total. The molecule has 1 saturated carbocycles. The number of rotatable bonds is 3. The van der Waals surface area contributed by atoms with Crippen molar-refractivity contribution in [3.8, 4) is 22.6 Å². The number of ether oxygens (including phenoxy) is 1. The molecule has 106 valence electrons. The molecular weight excluding hydrogens is 274 g/mol. The maximum atomic E-state index is 9.54. The first-order chi connectivity index (χ1) is 9.19. The molecular formula is C16H18ClNO2. The molecule has 1 fully saturated rings. The van der Waals surface area contributed by atoms with Crippen LogP contribution in [0.1, 0.15) is 17.9 Å². The fourth-order valence-electron chi connectivity index (χ4n) is 2.45. The predicted molar refractivity (Wildman–Crippen MR) is 82.7 cm³/mol. The summed E-state index contributed by atoms with van der Waals surface area (Å²) >= 11 is 0. The zero-order valence-electron chi connectivity index (χ0n) is 11.2. The van der Waals surface area contributed by atoms with Crippen LogP contribution in [0.5, 0.6) is 11.5 Å². The van der Waals surface area contributed by atoms with Crippen molar-refractivity contribution in [1.29, 1.82) is 0 Å². The lowest BCUT2D eigenvalue weighted by Crippen LogP contribution is -2.02. The zero-order valence-corrected chi connectivity index (χ0v) is 12.1. The average molecular weight is 292 g/mol. The molecule has 2 aromatic carbocycles. The Morgan fingerprint density at radius 1 is 1.15 bits per heavy atom. The van der Waals surface area contributed by atoms with Gasteiger partial charge in [0.1, 0.15) is 11.5 Å². The van der Waals surface area contributed by atoms with Crippen LogP contribution >= 0.6 is 12.4 Å². The standard InChI is InChI=1S/C16H17NO2.ClH/c1-19-16-8-11(10-3-2-4-12(18)7-10)5-6-13(16)14-9-15(14)17;/h2-8,14-15,18H,9,17H2,1H3;1H/t14-,15+;/m1./s1. The Hall–Kier alpha value is -1.71. The minimum absolute atomic E-state index is 0. The molecule has 1 aliphatic rings. The van der Waals surface area contributed by atoms with E-state index < -0.39 is 0 Å². The number of nitrogens with two attached hydrogens (primary N) is 1. The van der Waals surface area contributed by atoms with E-state index in [0.29, 0.717) is 5.92 Å². The van der Waals surface area contributed by atoms with Gasteiger partial charge in [-0.2, -0.15) is 0 Å². The van der Waals surface area contributed by atoms with E-state index >= 15 is 0 Å². The van der Waals surface area contributed by atoms with E-state index in [9.17, 15) is 5.11 Å². The van der Waals surface area contributed by atoms with Gasteiger partial charge in [0.05, 0.1) is 7.11 Å². The second-order valence-corrected chi connectivity index (χ2v) is 5.01. The number of benzene rings is 2. The monoisotopic (exact) mass is 291 g/mol. The van der Waals surface area contributed by atoms with Gasteiger partial charge < -0.3 is 15.6 Å². The number of hydrogen-bond acceptors (Lipinski definition) is 3. The minimum atomic E-state index is 0. The summed E-state index contributed by atoms with van der Waals surface area (Å²) < 4.78 is 5.47. The molecule has 0 amide bonds. The number of methoxy groups -OCH3 is 1. The van der Waals surface area contributed by atoms with Crippen molar-refractivity contribution in [2.24, 2.45) is 5.73 Å². The Morgan fingerprint density at radius 2 is 1.85 bits per heavy atom. The summed E-state index contributed by atoms with van der Waals surface area (Å²) in [5.41, 5.74) is 9.09. The third kappa shape index (κ3) is 2.74. The Bertz CT molecular complexity index is 615. The Morgan fingerprint density at radius 3 is 2.45 bits per heavy atom. The molecule has 0 unspecified atom stereocenters. The van der Waals surface area contributed by atoms with Crippen molar-refractivity contribution in [2.75, 3.05) is 7.11 Å². The van der Waals surface area contributed by atoms with Crippen LogP contribution in [0.15, 0.2) is 42.5 Å². The number of hydrogen-bond donors (Lipinski definition) is 2. The molecule has 0 aliphatic heterocycles. The largest absolute Gasteiger partial charge is 0.508 e. The molecule has 0 bridgehead atoms. The Balaban J connectivity index is 0.00000147. The van der Waals surface area contributed by atoms with Gasteiger partial charge in [-0.05, 0) is 41.3 Å². The van der Waals surface area contributed by atoms with Crippen molar-refractivity contribution < 1.29 is 9.84 Å². The topological polar surface area (TPSA) is 55.5 Å². The summed E-state index contributed by atoms with van der Waals surface area (Å²) in [7, 11) is 1.68. The fraction of sp³-hybridized carbons (Fsp3) is 0.250. The summed E-state index contributed by atoms with van der Waals surface area (Å²) in [6.45, 7) is 0. The van der Waals surface area contributed by atoms with E-state index in [0.717, 1.165) is 23.3 Å². The highest BCUT2D eigenvalue weighted by atomic mass is 35.5. The van der Waals surface area contributed by atoms with Crippen molar-refractivity contribution in [1.82, 2.24) is 0 Å². The number of phenolic OH excluding ortho intramolecular Hbond substituents is 1. The highest BCUT2D eigenvalue weighted by Crippen LogP contribution is 2.44. The van der Waals surface area contributed by atoms with Gasteiger partial charge in [-0.3, -0.25) is 0 Å². The lowest BCUT2D eigenvalue weighted by atomic mass is 10.0. The Labute approximate surface area is 124 Å². The lowest BCUT2D eigenvalue weighted by molar-refractivity contribution is 0.409. The maximum absolute atomic E-state index is 9.54. The Kier molecular flexibility index (Phi) is 4.21. The van der Waals surface area contributed by atoms with Crippen LogP contribution < -0.4 is 10.5 Å². The van der Waals surface area contributed by atoms with E-state index in [1.807, 2.05) is 18.2 Å². The highest BCUT2D eigenvalue weighted by Gasteiger charge is 2.36. The van der Waals surface area contributed by atoms with Crippen molar-refractivity contribution >= 4 is 12.4 Å². The molecule has 1 aliphatic carbocycles. The third-order valence-corrected chi connectivity index (χ3v) is 3.65. The number of aromatic hydroxyl groups is 1. The van der Waals surface area contributed by atoms with E-state index in [-0.39, 0.29) is 24.2 Å². The summed E-state index contributed by atoms with van der Waals surface area (Å²) in [5.74, 6) is 1.57. The van der Waals surface area contributed by atoms with Crippen LogP contribution in [0, 0.1) is 0 Å². The normalized spacial score (nSPS) is 20.1. The first-order valence-electron chi connectivity index (χ1n) is 6.42. The van der Waals surface area contributed by atoms with Crippen LogP contribution in [-0.4, -0.2) is 18.3 Å². The minimum Gasteiger partial charge on any atom is -0.508 e. The van der Waals surface area contributed by atoms with Crippen molar-refractivity contribution in [3.05, 3.63) is 48.0 Å². The number of phenols is 1. The highest BCUT2D eigenvalue weighted by molar-refractivity contribution is 5.85. The molecule has 20 heavy (non-hydrogen) atoms. The molecule has 0 saturated heterocycles. The SMILES string of the molecule is COc1cc(-c2cccc(O)c2)ccc1[C@H]1C[C@@H]1N.Cl. The van der Waals surface area contributed by atoms with Gasteiger partial charge >= 0.3 is 0 Å². The van der Waals surface area contributed by atoms with Gasteiger partial charge in [0.25, 0.3) is 0 Å². The van der Waals surface area contributed by atoms with E-state index in [2.05, 4.69) is 12.1 Å². The van der Waals surface area contributed by atoms with E-state index in [4.69, 9.17) is 10.5 Å².